The molecule has 1 spiro atoms. The Labute approximate surface area is 194 Å². The van der Waals surface area contributed by atoms with Crippen LogP contribution < -0.4 is 5.32 Å². The van der Waals surface area contributed by atoms with Gasteiger partial charge < -0.3 is 15.0 Å². The normalized spacial score (nSPS) is 20.2. The van der Waals surface area contributed by atoms with Gasteiger partial charge in [0.25, 0.3) is 0 Å². The molecule has 170 valence electrons. The molecule has 2 aromatic rings. The van der Waals surface area contributed by atoms with Crippen LogP contribution in [0, 0.1) is 17.3 Å². The quantitative estimate of drug-likeness (QED) is 0.521. The second-order valence-electron chi connectivity index (χ2n) is 9.69. The first-order valence-corrected chi connectivity index (χ1v) is 11.4. The zero-order valence-corrected chi connectivity index (χ0v) is 19.9. The summed E-state index contributed by atoms with van der Waals surface area (Å²) >= 11 is 6.36. The van der Waals surface area contributed by atoms with Crippen LogP contribution in [0.4, 0.5) is 4.79 Å². The van der Waals surface area contributed by atoms with E-state index >= 15 is 0 Å². The molecule has 2 aliphatic heterocycles. The van der Waals surface area contributed by atoms with Gasteiger partial charge in [0.1, 0.15) is 10.8 Å². The number of piperidine rings is 1. The van der Waals surface area contributed by atoms with Gasteiger partial charge in [0.2, 0.25) is 0 Å². The first kappa shape index (κ1) is 22.6. The molecular formula is C24H30ClN5O2. The maximum absolute atomic E-state index is 13.2. The van der Waals surface area contributed by atoms with Crippen LogP contribution in [0.25, 0.3) is 0 Å². The van der Waals surface area contributed by atoms with Gasteiger partial charge in [-0.25, -0.2) is 9.78 Å². The minimum atomic E-state index is -0.565. The number of carbonyl (C=O) groups excluding carboxylic acids is 1. The van der Waals surface area contributed by atoms with Crippen molar-refractivity contribution in [1.29, 1.82) is 0 Å². The third-order valence-electron chi connectivity index (χ3n) is 6.21. The van der Waals surface area contributed by atoms with Crippen molar-refractivity contribution in [3.8, 4) is 11.8 Å². The van der Waals surface area contributed by atoms with Crippen LogP contribution in [-0.2, 0) is 11.8 Å². The highest BCUT2D eigenvalue weighted by Crippen LogP contribution is 2.53. The van der Waals surface area contributed by atoms with Gasteiger partial charge in [-0.15, -0.1) is 0 Å². The highest BCUT2D eigenvalue weighted by molar-refractivity contribution is 6.29. The number of ether oxygens (including phenoxy) is 1. The van der Waals surface area contributed by atoms with Crippen molar-refractivity contribution in [2.45, 2.75) is 51.7 Å². The van der Waals surface area contributed by atoms with Crippen molar-refractivity contribution in [1.82, 2.24) is 25.0 Å². The summed E-state index contributed by atoms with van der Waals surface area (Å²) in [6, 6.07) is 1.70. The van der Waals surface area contributed by atoms with E-state index < -0.39 is 5.60 Å². The first-order valence-electron chi connectivity index (χ1n) is 11.0. The fraction of sp³-hybridized carbons (Fsp3) is 0.542. The molecule has 0 bridgehead atoms. The van der Waals surface area contributed by atoms with Gasteiger partial charge >= 0.3 is 6.09 Å². The summed E-state index contributed by atoms with van der Waals surface area (Å²) in [4.78, 5) is 19.4. The molecule has 8 heteroatoms. The third-order valence-corrected chi connectivity index (χ3v) is 6.42. The number of nitrogens with one attached hydrogen (secondary N) is 1. The van der Waals surface area contributed by atoms with Crippen LogP contribution in [0.2, 0.25) is 5.15 Å². The fourth-order valence-electron chi connectivity index (χ4n) is 4.80. The van der Waals surface area contributed by atoms with Crippen LogP contribution in [-0.4, -0.2) is 51.0 Å². The van der Waals surface area contributed by atoms with Crippen LogP contribution in [0.1, 0.15) is 62.8 Å². The van der Waals surface area contributed by atoms with Gasteiger partial charge in [-0.2, -0.15) is 5.10 Å². The number of amides is 1. The zero-order chi connectivity index (χ0) is 22.9. The van der Waals surface area contributed by atoms with Gasteiger partial charge in [0.15, 0.2) is 0 Å². The Morgan fingerprint density at radius 1 is 1.25 bits per heavy atom. The molecule has 2 saturated heterocycles. The van der Waals surface area contributed by atoms with Crippen LogP contribution in [0.5, 0.6) is 0 Å². The highest BCUT2D eigenvalue weighted by atomic mass is 35.5. The Kier molecular flexibility index (Phi) is 6.19. The van der Waals surface area contributed by atoms with Gasteiger partial charge in [-0.3, -0.25) is 4.68 Å². The number of carbonyl (C=O) groups is 1. The Morgan fingerprint density at radius 2 is 2.00 bits per heavy atom. The lowest BCUT2D eigenvalue weighted by Crippen LogP contribution is -2.43. The predicted molar refractivity (Wildman–Crippen MR) is 123 cm³/mol. The summed E-state index contributed by atoms with van der Waals surface area (Å²) in [5.74, 6) is 6.43. The highest BCUT2D eigenvalue weighted by Gasteiger charge is 2.51. The van der Waals surface area contributed by atoms with Crippen LogP contribution in [0.3, 0.4) is 0 Å². The maximum atomic E-state index is 13.2. The topological polar surface area (TPSA) is 72.3 Å². The molecule has 32 heavy (non-hydrogen) atoms. The molecule has 4 rings (SSSR count). The van der Waals surface area contributed by atoms with Gasteiger partial charge in [-0.05, 0) is 70.2 Å². The summed E-state index contributed by atoms with van der Waals surface area (Å²) in [5.41, 5.74) is 1.92. The third kappa shape index (κ3) is 4.77. The van der Waals surface area contributed by atoms with E-state index in [2.05, 4.69) is 27.2 Å². The molecule has 2 aliphatic rings. The number of rotatable bonds is 1. The largest absolute Gasteiger partial charge is 0.444 e. The average molecular weight is 456 g/mol. The van der Waals surface area contributed by atoms with E-state index in [0.717, 1.165) is 49.0 Å². The monoisotopic (exact) mass is 455 g/mol. The number of pyridine rings is 1. The SMILES string of the molecule is Cn1cc(C#Cc2cnc(Cl)cc2C2N(C(=O)OC(C)(C)C)CCC23CCNCC3)cn1. The van der Waals surface area contributed by atoms with Crippen molar-refractivity contribution >= 4 is 17.7 Å². The molecule has 1 N–H and O–H groups in total. The van der Waals surface area contributed by atoms with E-state index in [1.807, 2.05) is 45.0 Å². The molecule has 0 aliphatic carbocycles. The van der Waals surface area contributed by atoms with E-state index in [4.69, 9.17) is 16.3 Å². The minimum absolute atomic E-state index is 0.0441. The lowest BCUT2D eigenvalue weighted by molar-refractivity contribution is 0.0130. The molecule has 1 atom stereocenters. The van der Waals surface area contributed by atoms with Gasteiger partial charge in [0.05, 0.1) is 17.8 Å². The number of likely N-dealkylation sites (tertiary alicyclic amines) is 1. The lowest BCUT2D eigenvalue weighted by atomic mass is 9.70. The Morgan fingerprint density at radius 3 is 2.66 bits per heavy atom. The second kappa shape index (κ2) is 8.76. The summed E-state index contributed by atoms with van der Waals surface area (Å²) in [5, 5.41) is 8.03. The van der Waals surface area contributed by atoms with Gasteiger partial charge in [0, 0.05) is 31.5 Å². The van der Waals surface area contributed by atoms with Crippen molar-refractivity contribution in [2.24, 2.45) is 12.5 Å². The standard InChI is InChI=1S/C24H30ClN5O2/c1-23(2,3)32-22(31)30-12-9-24(7-10-26-11-8-24)21(30)19-13-20(25)27-15-18(19)6-5-17-14-28-29(4)16-17/h13-16,21,26H,7-12H2,1-4H3. The number of halogens is 1. The molecule has 1 unspecified atom stereocenters. The Balaban J connectivity index is 1.78. The summed E-state index contributed by atoms with van der Waals surface area (Å²) in [6.07, 6.45) is 7.89. The molecular weight excluding hydrogens is 426 g/mol. The van der Waals surface area contributed by atoms with E-state index in [9.17, 15) is 4.79 Å². The van der Waals surface area contributed by atoms with E-state index in [0.29, 0.717) is 11.7 Å². The molecule has 7 nitrogen and oxygen atoms in total. The number of nitrogens with zero attached hydrogens (tertiary/aromatic N) is 4. The summed E-state index contributed by atoms with van der Waals surface area (Å²) in [6.45, 7) is 8.18. The molecule has 0 saturated carbocycles. The van der Waals surface area contributed by atoms with E-state index in [-0.39, 0.29) is 17.6 Å². The molecule has 2 aromatic heterocycles. The summed E-state index contributed by atoms with van der Waals surface area (Å²) < 4.78 is 7.50. The predicted octanol–water partition coefficient (Wildman–Crippen LogP) is 3.92. The average Bonchev–Trinajstić information content (AvgIpc) is 3.30. The smallest absolute Gasteiger partial charge is 0.410 e. The van der Waals surface area contributed by atoms with Crippen molar-refractivity contribution in [3.05, 3.63) is 46.5 Å². The minimum Gasteiger partial charge on any atom is -0.444 e. The summed E-state index contributed by atoms with van der Waals surface area (Å²) in [7, 11) is 1.86. The lowest BCUT2D eigenvalue weighted by Gasteiger charge is -2.41. The molecule has 2 fully saturated rings. The number of aromatic nitrogens is 3. The van der Waals surface area contributed by atoms with Crippen molar-refractivity contribution in [3.63, 3.8) is 0 Å². The number of aryl methyl sites for hydroxylation is 1. The number of hydrogen-bond acceptors (Lipinski definition) is 5. The maximum Gasteiger partial charge on any atom is 0.410 e. The fourth-order valence-corrected chi connectivity index (χ4v) is 4.97. The Hall–Kier alpha value is -2.56. The second-order valence-corrected chi connectivity index (χ2v) is 10.1. The zero-order valence-electron chi connectivity index (χ0n) is 19.1. The van der Waals surface area contributed by atoms with Gasteiger partial charge in [-0.1, -0.05) is 23.4 Å². The molecule has 0 aromatic carbocycles. The van der Waals surface area contributed by atoms with Crippen LogP contribution in [0.15, 0.2) is 24.7 Å². The first-order chi connectivity index (χ1) is 15.2. The van der Waals surface area contributed by atoms with Crippen LogP contribution >= 0.6 is 11.6 Å². The number of hydrogen-bond donors (Lipinski definition) is 1. The van der Waals surface area contributed by atoms with Crippen molar-refractivity contribution < 1.29 is 9.53 Å². The van der Waals surface area contributed by atoms with Crippen molar-refractivity contribution in [2.75, 3.05) is 19.6 Å². The molecule has 0 radical (unpaired) electrons. The van der Waals surface area contributed by atoms with E-state index in [1.165, 1.54) is 0 Å². The molecule has 1 amide bonds. The molecule has 4 heterocycles. The van der Waals surface area contributed by atoms with E-state index in [1.54, 1.807) is 17.1 Å². The Bertz CT molecular complexity index is 1060.